The van der Waals surface area contributed by atoms with E-state index in [2.05, 4.69) is 0 Å². The van der Waals surface area contributed by atoms with Crippen LogP contribution in [0.2, 0.25) is 0 Å². The molecular formula is C117H180N6O18. The Bertz CT molecular complexity index is 7790. The van der Waals surface area contributed by atoms with Crippen LogP contribution < -0.4 is 56.8 Å². The molecule has 6 saturated heterocycles. The summed E-state index contributed by atoms with van der Waals surface area (Å²) in [4.78, 5) is 6.38. The molecule has 6 aromatic rings. The van der Waals surface area contributed by atoms with Gasteiger partial charge in [0.25, 0.3) is 0 Å². The van der Waals surface area contributed by atoms with Crippen molar-refractivity contribution >= 4 is 0 Å². The summed E-state index contributed by atoms with van der Waals surface area (Å²) in [5, 5.41) is 66.6. The largest absolute Gasteiger partial charge is 0.493 e. The second kappa shape index (κ2) is 48.4. The van der Waals surface area contributed by atoms with E-state index >= 15 is 0 Å². The van der Waals surface area contributed by atoms with Crippen LogP contribution in [0.4, 0.5) is 0 Å². The van der Waals surface area contributed by atoms with Gasteiger partial charge in [-0.15, -0.1) is 0 Å². The quantitative estimate of drug-likeness (QED) is 0.0392. The van der Waals surface area contributed by atoms with E-state index in [0.717, 1.165) is 43.1 Å². The van der Waals surface area contributed by atoms with Crippen LogP contribution in [-0.4, -0.2) is 260 Å². The minimum absolute atomic E-state index is 0.0147. The van der Waals surface area contributed by atoms with Gasteiger partial charge in [0.2, 0.25) is 0 Å². The maximum atomic E-state index is 11.2. The van der Waals surface area contributed by atoms with Crippen LogP contribution in [0.3, 0.4) is 0 Å². The van der Waals surface area contributed by atoms with Gasteiger partial charge in [0.1, 0.15) is 0 Å². The van der Waals surface area contributed by atoms with Gasteiger partial charge in [-0.25, -0.2) is 0 Å². The first kappa shape index (κ1) is 54.4. The molecular weight excluding hydrogens is 1780 g/mol. The summed E-state index contributed by atoms with van der Waals surface area (Å²) >= 11 is 0. The van der Waals surface area contributed by atoms with Crippen molar-refractivity contribution in [1.29, 1.82) is 0 Å². The normalized spacial score (nSPS) is 43.2. The van der Waals surface area contributed by atoms with Crippen LogP contribution in [0.25, 0.3) is 0 Å². The number of aliphatic hydroxyl groups is 6. The minimum atomic E-state index is -3.40. The Morgan fingerprint density at radius 2 is 0.496 bits per heavy atom. The smallest absolute Gasteiger partial charge is 0.161 e. The third-order valence-corrected chi connectivity index (χ3v) is 25.7. The fourth-order valence-corrected chi connectivity index (χ4v) is 19.2. The number of aliphatic hydroxyl groups excluding tert-OH is 4. The predicted molar refractivity (Wildman–Crippen MR) is 561 cm³/mol. The van der Waals surface area contributed by atoms with Crippen molar-refractivity contribution < 1.29 is 172 Å². The zero-order valence-electron chi connectivity index (χ0n) is 145. The number of rotatable bonds is 21. The highest BCUT2D eigenvalue weighted by Crippen LogP contribution is 2.53. The molecule has 141 heavy (non-hydrogen) atoms. The van der Waals surface area contributed by atoms with Gasteiger partial charge in [-0.05, 0) is 324 Å². The lowest BCUT2D eigenvalue weighted by atomic mass is 9.75. The molecule has 0 spiro atoms. The molecule has 12 aliphatic heterocycles. The summed E-state index contributed by atoms with van der Waals surface area (Å²) in [5.41, 5.74) is -4.86. The molecule has 0 bridgehead atoms. The molecule has 0 amide bonds. The minimum Gasteiger partial charge on any atom is -0.493 e. The number of fused-ring (bicyclic) bond motifs is 18. The third kappa shape index (κ3) is 26.9. The SMILES string of the molecule is [2H]C([2H])([2H])Oc1cc2c(cc1OC)CCN1C([2H])([2H])C([2H])(CC(C)C)C([2H])(O)C([2H])([2H])C21[2H].[2H]C([2H])([2H])Oc1cc2c(cc1OC)CCN1C2([2H])CC(O)C(C([2H])([2H])C(C)(C([2H])([2H])[2H])C([2H])([2H])[2H])C1([2H])[2H].[2H]C([2H])([2H])Oc1cc2c(cc1OC)CCN1C2([2H])CC(O)C(C([2H])([2H])C(C)(C([2H])([2H])[2H])C([2H])([2H])[2H])C1([2H])[2H].[2H]C([2H])([2H])Oc1cc2c(cc1OC)CCN1C2([2H])CC(O)C(CC(C)C)C1([2H])[2H].[2H]C1([2H])N2CCc3cc(OC)c(OC)cc3C2([2H])C([2H])([2H])C([2H])(O)C1([2H])CC(C)C.[2H]C12CC(O)C(C([2H])([2H])C(C)(C([2H])([2H])[2H])C([2H])([2H])[2H])C([2H])([2H])N1CCc1cc(OC)c(OC)cc12. The topological polar surface area (TPSA) is 252 Å². The second-order valence-electron chi connectivity index (χ2n) is 38.1. The molecule has 24 heteroatoms. The van der Waals surface area contributed by atoms with Gasteiger partial charge < -0.3 is 87.5 Å². The van der Waals surface area contributed by atoms with E-state index in [-0.39, 0.29) is 169 Å². The molecule has 18 atom stereocenters. The predicted octanol–water partition coefficient (Wildman–Crippen LogP) is 19.3. The lowest BCUT2D eigenvalue weighted by Crippen LogP contribution is -2.48. The summed E-state index contributed by atoms with van der Waals surface area (Å²) in [6.45, 7) is -23.5. The first-order chi connectivity index (χ1) is 91.1. The molecule has 6 aromatic carbocycles. The molecule has 0 radical (unpaired) electrons. The zero-order chi connectivity index (χ0) is 156. The van der Waals surface area contributed by atoms with E-state index in [1.807, 2.05) is 13.8 Å². The van der Waals surface area contributed by atoms with E-state index < -0.39 is 284 Å². The fourth-order valence-electron chi connectivity index (χ4n) is 19.2. The van der Waals surface area contributed by atoms with Crippen molar-refractivity contribution in [1.82, 2.24) is 29.4 Å². The maximum Gasteiger partial charge on any atom is 0.161 e. The van der Waals surface area contributed by atoms with Crippen molar-refractivity contribution in [3.8, 4) is 69.0 Å². The van der Waals surface area contributed by atoms with E-state index in [4.69, 9.17) is 135 Å². The molecule has 12 heterocycles. The number of hydrogen-bond acceptors (Lipinski definition) is 24. The number of benzene rings is 6. The summed E-state index contributed by atoms with van der Waals surface area (Å²) < 4.78 is 576. The Morgan fingerprint density at radius 3 is 0.709 bits per heavy atom. The highest BCUT2D eigenvalue weighted by molar-refractivity contribution is 5.55. The van der Waals surface area contributed by atoms with Gasteiger partial charge >= 0.3 is 0 Å². The molecule has 18 rings (SSSR count). The van der Waals surface area contributed by atoms with Crippen molar-refractivity contribution in [2.45, 2.75) is 291 Å². The van der Waals surface area contributed by atoms with Crippen LogP contribution in [-0.2, 0) is 38.5 Å². The van der Waals surface area contributed by atoms with Crippen LogP contribution >= 0.6 is 0 Å². The van der Waals surface area contributed by atoms with Crippen LogP contribution in [0, 0.1) is 69.5 Å². The average Bonchev–Trinajstić information content (AvgIpc) is 0.633. The van der Waals surface area contributed by atoms with Crippen LogP contribution in [0.5, 0.6) is 69.0 Å². The summed E-state index contributed by atoms with van der Waals surface area (Å²) in [5.74, 6) is -11.6. The first-order valence-electron chi connectivity index (χ1n) is 78.1. The molecule has 0 aliphatic carbocycles. The summed E-state index contributed by atoms with van der Waals surface area (Å²) in [6, 6.07) is 4.59. The Hall–Kier alpha value is -7.56. The average molecular weight is 2020 g/mol. The molecule has 6 N–H and O–H groups in total. The standard InChI is InChI=1S/3C20H31NO3.3C19H29NO3/c3*1-20(2,3)11-14-12-21-7-6-13-8-18(23-4)19(24-5)9-15(13)16(21)10-17(14)22;3*1-12(2)7-14-11-20-6-5-13-8-18(22-3)19(23-4)9-15(13)16(20)10-17(14)21/h3*8-9,14,16-17,22H,6-7,10-12H2,1-5H3;3*8-9,12,14,16-17,21H,5-7,10-11H2,1-4H3/i2*1D3,2D3,5D3,11D2,12D2,16D;1D3,2D3,11D2,12D2,16D;4D3,10D2,11D2,14D,16D,17D;10D2,11D2,14D,16D,17D;4D3,11D2,16D. The highest BCUT2D eigenvalue weighted by atomic mass is 16.5. The molecule has 12 aliphatic rings. The molecule has 6 fully saturated rings. The Labute approximate surface area is 933 Å². The van der Waals surface area contributed by atoms with Crippen LogP contribution in [0.1, 0.15) is 368 Å². The van der Waals surface area contributed by atoms with Crippen molar-refractivity contribution in [2.24, 2.45) is 69.5 Å². The highest BCUT2D eigenvalue weighted by Gasteiger charge is 2.47. The number of nitrogens with zero attached hydrogens (tertiary/aromatic N) is 6. The third-order valence-electron chi connectivity index (χ3n) is 25.7. The van der Waals surface area contributed by atoms with Gasteiger partial charge in [0.05, 0.1) is 149 Å². The van der Waals surface area contributed by atoms with Gasteiger partial charge in [0, 0.05) is 172 Å². The Kier molecular flexibility index (Phi) is 18.7. The summed E-state index contributed by atoms with van der Waals surface area (Å²) in [7, 11) is -0.298. The second-order valence-corrected chi connectivity index (χ2v) is 38.1. The molecule has 0 aromatic heterocycles. The Balaban J connectivity index is 0.000000196. The first-order valence-corrected chi connectivity index (χ1v) is 47.1. The maximum absolute atomic E-state index is 11.2. The number of piperidine rings is 6. The number of ether oxygens (including phenoxy) is 12. The summed E-state index contributed by atoms with van der Waals surface area (Å²) in [6.07, 6.45) is -29.7. The molecule has 786 valence electrons. The van der Waals surface area contributed by atoms with E-state index in [1.165, 1.54) is 110 Å². The van der Waals surface area contributed by atoms with Crippen molar-refractivity contribution in [3.05, 3.63) is 140 Å². The molecule has 0 saturated carbocycles. The Morgan fingerprint density at radius 1 is 0.298 bits per heavy atom. The van der Waals surface area contributed by atoms with Crippen molar-refractivity contribution in [2.75, 3.05) is 163 Å². The van der Waals surface area contributed by atoms with Gasteiger partial charge in [-0.2, -0.15) is 0 Å². The lowest BCUT2D eigenvalue weighted by Gasteiger charge is -2.47. The lowest BCUT2D eigenvalue weighted by molar-refractivity contribution is -0.0259. The van der Waals surface area contributed by atoms with Gasteiger partial charge in [0.15, 0.2) is 69.0 Å². The van der Waals surface area contributed by atoms with Crippen LogP contribution in [0.15, 0.2) is 72.8 Å². The monoisotopic (exact) mass is 2020 g/mol. The van der Waals surface area contributed by atoms with E-state index in [0.29, 0.717) is 95.8 Å². The van der Waals surface area contributed by atoms with Gasteiger partial charge in [-0.3, -0.25) is 29.4 Å². The van der Waals surface area contributed by atoms with Crippen molar-refractivity contribution in [3.63, 3.8) is 0 Å². The van der Waals surface area contributed by atoms with Gasteiger partial charge in [-0.1, -0.05) is 103 Å². The number of methoxy groups -OCH3 is 12. The molecule has 24 nitrogen and oxygen atoms in total. The fraction of sp³-hybridized carbons (Fsp3) is 0.692. The van der Waals surface area contributed by atoms with E-state index in [9.17, 15) is 37.5 Å². The zero-order valence-corrected chi connectivity index (χ0v) is 83.0. The number of hydrogen-bond donors (Lipinski definition) is 6. The van der Waals surface area contributed by atoms with E-state index in [1.54, 1.807) is 45.9 Å². The molecule has 18 unspecified atom stereocenters.